The number of nitrogens with one attached hydrogen (secondary N) is 2. The maximum atomic E-state index is 12.2. The smallest absolute Gasteiger partial charge is 0.255 e. The van der Waals surface area contributed by atoms with Crippen LogP contribution in [0.5, 0.6) is 0 Å². The number of hydrogen-bond donors (Lipinski definition) is 2. The molecule has 2 N–H and O–H groups in total. The molecule has 1 atom stereocenters. The number of carbonyl (C=O) groups excluding carboxylic acids is 1. The van der Waals surface area contributed by atoms with E-state index in [1.807, 2.05) is 19.1 Å². The number of pyridine rings is 1. The molecule has 0 saturated carbocycles. The minimum atomic E-state index is -0.116. The van der Waals surface area contributed by atoms with Crippen molar-refractivity contribution in [2.75, 3.05) is 12.4 Å². The zero-order valence-electron chi connectivity index (χ0n) is 11.7. The van der Waals surface area contributed by atoms with Crippen molar-refractivity contribution < 1.29 is 9.21 Å². The lowest BCUT2D eigenvalue weighted by molar-refractivity contribution is 0.0938. The van der Waals surface area contributed by atoms with Crippen LogP contribution in [0.15, 0.2) is 41.1 Å². The first-order valence-electron chi connectivity index (χ1n) is 6.66. The Balaban J connectivity index is 1.90. The molecule has 0 bridgehead atoms. The molecule has 106 valence electrons. The molecule has 5 heteroatoms. The lowest BCUT2D eigenvalue weighted by Gasteiger charge is -2.14. The van der Waals surface area contributed by atoms with Gasteiger partial charge in [0.15, 0.2) is 0 Å². The summed E-state index contributed by atoms with van der Waals surface area (Å²) in [5.41, 5.74) is 0.555. The number of anilines is 1. The van der Waals surface area contributed by atoms with Crippen LogP contribution in [0.2, 0.25) is 0 Å². The molecule has 0 aromatic carbocycles. The van der Waals surface area contributed by atoms with E-state index in [2.05, 4.69) is 15.6 Å². The van der Waals surface area contributed by atoms with Crippen molar-refractivity contribution in [2.45, 2.75) is 25.8 Å². The summed E-state index contributed by atoms with van der Waals surface area (Å²) in [5.74, 6) is 1.40. The van der Waals surface area contributed by atoms with Crippen LogP contribution >= 0.6 is 0 Å². The molecule has 0 aliphatic heterocycles. The third-order valence-corrected chi connectivity index (χ3v) is 3.07. The van der Waals surface area contributed by atoms with Crippen molar-refractivity contribution in [3.63, 3.8) is 0 Å². The number of aryl methyl sites for hydroxylation is 1. The van der Waals surface area contributed by atoms with Gasteiger partial charge in [-0.25, -0.2) is 4.98 Å². The molecule has 0 radical (unpaired) electrons. The molecule has 2 heterocycles. The normalized spacial score (nSPS) is 11.9. The number of furan rings is 1. The number of carbonyl (C=O) groups is 1. The summed E-state index contributed by atoms with van der Waals surface area (Å²) in [5, 5.41) is 5.89. The second-order valence-corrected chi connectivity index (χ2v) is 4.64. The fourth-order valence-electron chi connectivity index (χ4n) is 1.98. The number of rotatable bonds is 6. The van der Waals surface area contributed by atoms with Gasteiger partial charge in [-0.15, -0.1) is 0 Å². The SMILES string of the molecule is CNc1ncccc1C(=O)NC(C)CCc1ccco1. The van der Waals surface area contributed by atoms with E-state index in [1.165, 1.54) is 0 Å². The zero-order valence-corrected chi connectivity index (χ0v) is 11.7. The first-order valence-corrected chi connectivity index (χ1v) is 6.66. The highest BCUT2D eigenvalue weighted by molar-refractivity contribution is 5.98. The van der Waals surface area contributed by atoms with Crippen LogP contribution in [-0.4, -0.2) is 24.0 Å². The van der Waals surface area contributed by atoms with E-state index < -0.39 is 0 Å². The highest BCUT2D eigenvalue weighted by Gasteiger charge is 2.14. The van der Waals surface area contributed by atoms with E-state index in [4.69, 9.17) is 4.42 Å². The van der Waals surface area contributed by atoms with Crippen molar-refractivity contribution in [2.24, 2.45) is 0 Å². The standard InChI is InChI=1S/C15H19N3O2/c1-11(7-8-12-5-4-10-20-12)18-15(19)13-6-3-9-17-14(13)16-2/h3-6,9-11H,7-8H2,1-2H3,(H,16,17)(H,18,19). The Morgan fingerprint density at radius 1 is 1.40 bits per heavy atom. The summed E-state index contributed by atoms with van der Waals surface area (Å²) in [6.07, 6.45) is 4.95. The van der Waals surface area contributed by atoms with Crippen molar-refractivity contribution in [3.05, 3.63) is 48.0 Å². The van der Waals surface area contributed by atoms with Crippen molar-refractivity contribution >= 4 is 11.7 Å². The highest BCUT2D eigenvalue weighted by atomic mass is 16.3. The van der Waals surface area contributed by atoms with Crippen molar-refractivity contribution in [3.8, 4) is 0 Å². The lowest BCUT2D eigenvalue weighted by Crippen LogP contribution is -2.33. The van der Waals surface area contributed by atoms with Gasteiger partial charge in [-0.3, -0.25) is 4.79 Å². The summed E-state index contributed by atoms with van der Waals surface area (Å²) in [6.45, 7) is 1.98. The second-order valence-electron chi connectivity index (χ2n) is 4.64. The van der Waals surface area contributed by atoms with Crippen molar-refractivity contribution in [1.82, 2.24) is 10.3 Å². The maximum Gasteiger partial charge on any atom is 0.255 e. The van der Waals surface area contributed by atoms with Gasteiger partial charge in [-0.1, -0.05) is 0 Å². The van der Waals surface area contributed by atoms with Gasteiger partial charge in [0, 0.05) is 25.7 Å². The number of aromatic nitrogens is 1. The van der Waals surface area contributed by atoms with Gasteiger partial charge < -0.3 is 15.1 Å². The number of amides is 1. The second kappa shape index (κ2) is 6.75. The molecule has 2 aromatic heterocycles. The van der Waals surface area contributed by atoms with E-state index in [1.54, 1.807) is 31.6 Å². The molecule has 0 aliphatic rings. The minimum Gasteiger partial charge on any atom is -0.469 e. The average molecular weight is 273 g/mol. The van der Waals surface area contributed by atoms with Crippen LogP contribution in [0.25, 0.3) is 0 Å². The Morgan fingerprint density at radius 3 is 2.95 bits per heavy atom. The van der Waals surface area contributed by atoms with Gasteiger partial charge in [0.05, 0.1) is 11.8 Å². The predicted octanol–water partition coefficient (Wildman–Crippen LogP) is 2.47. The van der Waals surface area contributed by atoms with Crippen LogP contribution in [0, 0.1) is 0 Å². The summed E-state index contributed by atoms with van der Waals surface area (Å²) < 4.78 is 5.28. The lowest BCUT2D eigenvalue weighted by atomic mass is 10.1. The molecular weight excluding hydrogens is 254 g/mol. The summed E-state index contributed by atoms with van der Waals surface area (Å²) in [7, 11) is 1.75. The molecule has 0 saturated heterocycles. The first-order chi connectivity index (χ1) is 9.70. The zero-order chi connectivity index (χ0) is 14.4. The molecule has 2 rings (SSSR count). The van der Waals surface area contributed by atoms with E-state index in [-0.39, 0.29) is 11.9 Å². The van der Waals surface area contributed by atoms with Gasteiger partial charge in [-0.2, -0.15) is 0 Å². The van der Waals surface area contributed by atoms with Gasteiger partial charge in [-0.05, 0) is 37.6 Å². The first kappa shape index (κ1) is 14.1. The quantitative estimate of drug-likeness (QED) is 0.848. The Bertz CT molecular complexity index is 552. The summed E-state index contributed by atoms with van der Waals surface area (Å²) in [6, 6.07) is 7.39. The minimum absolute atomic E-state index is 0.0671. The van der Waals surface area contributed by atoms with Crippen LogP contribution in [0.1, 0.15) is 29.5 Å². The molecule has 5 nitrogen and oxygen atoms in total. The van der Waals surface area contributed by atoms with Gasteiger partial charge in [0.25, 0.3) is 5.91 Å². The third kappa shape index (κ3) is 3.60. The molecular formula is C15H19N3O2. The molecule has 0 spiro atoms. The Morgan fingerprint density at radius 2 is 2.25 bits per heavy atom. The van der Waals surface area contributed by atoms with Gasteiger partial charge in [0.2, 0.25) is 0 Å². The van der Waals surface area contributed by atoms with Crippen LogP contribution in [-0.2, 0) is 6.42 Å². The molecule has 2 aromatic rings. The van der Waals surface area contributed by atoms with Gasteiger partial charge >= 0.3 is 0 Å². The fourth-order valence-corrected chi connectivity index (χ4v) is 1.98. The van der Waals surface area contributed by atoms with Crippen LogP contribution < -0.4 is 10.6 Å². The molecule has 0 aliphatic carbocycles. The van der Waals surface area contributed by atoms with Crippen LogP contribution in [0.3, 0.4) is 0 Å². The Labute approximate surface area is 118 Å². The summed E-state index contributed by atoms with van der Waals surface area (Å²) >= 11 is 0. The van der Waals surface area contributed by atoms with Crippen molar-refractivity contribution in [1.29, 1.82) is 0 Å². The predicted molar refractivity (Wildman–Crippen MR) is 77.7 cm³/mol. The fraction of sp³-hybridized carbons (Fsp3) is 0.333. The number of hydrogen-bond acceptors (Lipinski definition) is 4. The highest BCUT2D eigenvalue weighted by Crippen LogP contribution is 2.11. The van der Waals surface area contributed by atoms with E-state index in [9.17, 15) is 4.79 Å². The average Bonchev–Trinajstić information content (AvgIpc) is 2.98. The Kier molecular flexibility index (Phi) is 4.76. The molecule has 1 amide bonds. The summed E-state index contributed by atoms with van der Waals surface area (Å²) in [4.78, 5) is 16.3. The monoisotopic (exact) mass is 273 g/mol. The van der Waals surface area contributed by atoms with E-state index in [0.29, 0.717) is 11.4 Å². The van der Waals surface area contributed by atoms with E-state index >= 15 is 0 Å². The van der Waals surface area contributed by atoms with E-state index in [0.717, 1.165) is 18.6 Å². The van der Waals surface area contributed by atoms with Gasteiger partial charge in [0.1, 0.15) is 11.6 Å². The maximum absolute atomic E-state index is 12.2. The largest absolute Gasteiger partial charge is 0.469 e. The molecule has 0 fully saturated rings. The molecule has 20 heavy (non-hydrogen) atoms. The number of nitrogens with zero attached hydrogens (tertiary/aromatic N) is 1. The molecule has 1 unspecified atom stereocenters. The van der Waals surface area contributed by atoms with Crippen LogP contribution in [0.4, 0.5) is 5.82 Å². The topological polar surface area (TPSA) is 67.2 Å². The third-order valence-electron chi connectivity index (χ3n) is 3.07. The Hall–Kier alpha value is -2.30.